The van der Waals surface area contributed by atoms with E-state index < -0.39 is 21.2 Å². The van der Waals surface area contributed by atoms with Gasteiger partial charge in [0.1, 0.15) is 5.69 Å². The van der Waals surface area contributed by atoms with Gasteiger partial charge in [-0.3, -0.25) is 25.7 Å². The predicted octanol–water partition coefficient (Wildman–Crippen LogP) is 2.61. The van der Waals surface area contributed by atoms with E-state index in [9.17, 15) is 20.2 Å². The number of hydrazone groups is 1. The van der Waals surface area contributed by atoms with Crippen LogP contribution in [0.1, 0.15) is 5.56 Å². The highest BCUT2D eigenvalue weighted by molar-refractivity contribution is 5.82. The number of nitrogens with zero attached hydrogens (tertiary/aromatic N) is 8. The fourth-order valence-corrected chi connectivity index (χ4v) is 4.19. The van der Waals surface area contributed by atoms with Crippen LogP contribution in [0.3, 0.4) is 0 Å². The second-order valence-electron chi connectivity index (χ2n) is 9.01. The zero-order valence-corrected chi connectivity index (χ0v) is 22.5. The maximum atomic E-state index is 11.4. The van der Waals surface area contributed by atoms with Crippen LogP contribution in [0.25, 0.3) is 0 Å². The average Bonchev–Trinajstić information content (AvgIpc) is 3.02. The second kappa shape index (κ2) is 13.0. The summed E-state index contributed by atoms with van der Waals surface area (Å²) in [5.41, 5.74) is 2.25. The number of anilines is 3. The summed E-state index contributed by atoms with van der Waals surface area (Å²) in [5, 5.41) is 26.3. The normalized spacial score (nSPS) is 15.5. The highest BCUT2D eigenvalue weighted by atomic mass is 16.6. The van der Waals surface area contributed by atoms with Crippen molar-refractivity contribution >= 4 is 35.2 Å². The lowest BCUT2D eigenvalue weighted by Gasteiger charge is -2.30. The summed E-state index contributed by atoms with van der Waals surface area (Å²) < 4.78 is 22.5. The van der Waals surface area contributed by atoms with Gasteiger partial charge in [0.15, 0.2) is 11.5 Å². The van der Waals surface area contributed by atoms with Crippen LogP contribution in [-0.4, -0.2) is 90.7 Å². The molecule has 17 nitrogen and oxygen atoms in total. The molecule has 220 valence electrons. The van der Waals surface area contributed by atoms with Gasteiger partial charge in [-0.15, -0.1) is 0 Å². The minimum atomic E-state index is -0.726. The number of morpholine rings is 2. The number of nitro groups is 2. The molecular formula is C25H27N9O8. The van der Waals surface area contributed by atoms with E-state index >= 15 is 0 Å². The van der Waals surface area contributed by atoms with Crippen LogP contribution in [0.5, 0.6) is 17.5 Å². The van der Waals surface area contributed by atoms with Crippen molar-refractivity contribution in [3.05, 3.63) is 62.2 Å². The third kappa shape index (κ3) is 6.76. The Morgan fingerprint density at radius 1 is 0.881 bits per heavy atom. The van der Waals surface area contributed by atoms with Crippen LogP contribution < -0.4 is 24.7 Å². The van der Waals surface area contributed by atoms with Crippen molar-refractivity contribution in [2.45, 2.75) is 0 Å². The van der Waals surface area contributed by atoms with Crippen molar-refractivity contribution in [2.75, 3.05) is 74.9 Å². The summed E-state index contributed by atoms with van der Waals surface area (Å²) in [6, 6.07) is 8.33. The van der Waals surface area contributed by atoms with Crippen molar-refractivity contribution in [3.8, 4) is 17.5 Å². The molecule has 2 aliphatic rings. The maximum absolute atomic E-state index is 11.4. The van der Waals surface area contributed by atoms with Gasteiger partial charge in [-0.25, -0.2) is 0 Å². The molecule has 3 aromatic rings. The molecule has 1 N–H and O–H groups in total. The first-order valence-electron chi connectivity index (χ1n) is 12.9. The van der Waals surface area contributed by atoms with E-state index in [1.807, 2.05) is 9.80 Å². The first-order chi connectivity index (χ1) is 20.4. The Hall–Kier alpha value is -5.16. The lowest BCUT2D eigenvalue weighted by atomic mass is 10.2. The smallest absolute Gasteiger partial charge is 0.328 e. The van der Waals surface area contributed by atoms with Gasteiger partial charge in [-0.05, 0) is 29.8 Å². The van der Waals surface area contributed by atoms with Gasteiger partial charge in [0.25, 0.3) is 5.69 Å². The molecule has 0 bridgehead atoms. The zero-order valence-electron chi connectivity index (χ0n) is 22.5. The summed E-state index contributed by atoms with van der Waals surface area (Å²) in [4.78, 5) is 38.7. The van der Waals surface area contributed by atoms with Gasteiger partial charge in [-0.2, -0.15) is 20.1 Å². The zero-order chi connectivity index (χ0) is 29.5. The Morgan fingerprint density at radius 3 is 2.10 bits per heavy atom. The highest BCUT2D eigenvalue weighted by Gasteiger charge is 2.22. The molecule has 42 heavy (non-hydrogen) atoms. The number of ether oxygens (including phenoxy) is 4. The highest BCUT2D eigenvalue weighted by Crippen LogP contribution is 2.32. The summed E-state index contributed by atoms with van der Waals surface area (Å²) in [6.45, 7) is 4.83. The molecule has 0 unspecified atom stereocenters. The summed E-state index contributed by atoms with van der Waals surface area (Å²) >= 11 is 0. The molecule has 1 aromatic heterocycles. The van der Waals surface area contributed by atoms with E-state index in [1.165, 1.54) is 19.4 Å². The molecule has 5 rings (SSSR count). The van der Waals surface area contributed by atoms with E-state index in [1.54, 1.807) is 18.2 Å². The Balaban J connectivity index is 1.35. The number of benzene rings is 2. The van der Waals surface area contributed by atoms with Gasteiger partial charge in [0, 0.05) is 32.2 Å². The van der Waals surface area contributed by atoms with Crippen LogP contribution in [0.2, 0.25) is 0 Å². The molecule has 3 heterocycles. The standard InChI is InChI=1S/C25H27N9O8/c1-39-22-14-17(16-26-30-19-4-3-18(33(35)36)15-20(19)34(37)38)2-5-21(22)42-25-28-23(31-6-10-40-11-7-31)27-24(29-25)32-8-12-41-13-9-32/h2-5,14-16,30H,6-13H2,1H3/b26-16-. The fraction of sp³-hybridized carbons (Fsp3) is 0.360. The number of aromatic nitrogens is 3. The second-order valence-corrected chi connectivity index (χ2v) is 9.01. The molecule has 2 fully saturated rings. The van der Waals surface area contributed by atoms with Gasteiger partial charge in [0.2, 0.25) is 11.9 Å². The maximum Gasteiger partial charge on any atom is 0.328 e. The number of nitro benzene ring substituents is 2. The van der Waals surface area contributed by atoms with Gasteiger partial charge < -0.3 is 28.7 Å². The molecule has 0 saturated carbocycles. The molecule has 2 aliphatic heterocycles. The topological polar surface area (TPSA) is 193 Å². The minimum absolute atomic E-state index is 0.00394. The molecular weight excluding hydrogens is 554 g/mol. The lowest BCUT2D eigenvalue weighted by molar-refractivity contribution is -0.393. The SMILES string of the molecule is COc1cc(/C=N\Nc2ccc([N+](=O)[O-])cc2[N+](=O)[O-])ccc1Oc1nc(N2CCOCC2)nc(N2CCOCC2)n1. The Morgan fingerprint density at radius 2 is 1.52 bits per heavy atom. The summed E-state index contributed by atoms with van der Waals surface area (Å²) in [6.07, 6.45) is 1.41. The summed E-state index contributed by atoms with van der Waals surface area (Å²) in [7, 11) is 1.48. The van der Waals surface area contributed by atoms with Crippen LogP contribution in [0.4, 0.5) is 29.0 Å². The molecule has 0 spiro atoms. The van der Waals surface area contributed by atoms with Crippen molar-refractivity contribution in [1.82, 2.24) is 15.0 Å². The van der Waals surface area contributed by atoms with Crippen LogP contribution >= 0.6 is 0 Å². The van der Waals surface area contributed by atoms with E-state index in [4.69, 9.17) is 18.9 Å². The molecule has 2 aromatic carbocycles. The lowest BCUT2D eigenvalue weighted by Crippen LogP contribution is -2.40. The predicted molar refractivity (Wildman–Crippen MR) is 150 cm³/mol. The monoisotopic (exact) mass is 581 g/mol. The first kappa shape index (κ1) is 28.4. The van der Waals surface area contributed by atoms with Crippen LogP contribution in [0.15, 0.2) is 41.5 Å². The molecule has 2 saturated heterocycles. The average molecular weight is 582 g/mol. The Kier molecular flexibility index (Phi) is 8.78. The van der Waals surface area contributed by atoms with Crippen molar-refractivity contribution in [3.63, 3.8) is 0 Å². The third-order valence-corrected chi connectivity index (χ3v) is 6.36. The molecule has 0 radical (unpaired) electrons. The summed E-state index contributed by atoms with van der Waals surface area (Å²) in [5.74, 6) is 1.68. The van der Waals surface area contributed by atoms with E-state index in [0.29, 0.717) is 81.6 Å². The number of rotatable bonds is 10. The van der Waals surface area contributed by atoms with Crippen LogP contribution in [-0.2, 0) is 9.47 Å². The van der Waals surface area contributed by atoms with Gasteiger partial charge >= 0.3 is 11.7 Å². The van der Waals surface area contributed by atoms with Crippen LogP contribution in [0, 0.1) is 20.2 Å². The number of methoxy groups -OCH3 is 1. The first-order valence-corrected chi connectivity index (χ1v) is 12.9. The van der Waals surface area contributed by atoms with Gasteiger partial charge in [0.05, 0.1) is 55.7 Å². The quantitative estimate of drug-likeness (QED) is 0.208. The van der Waals surface area contributed by atoms with E-state index in [2.05, 4.69) is 25.5 Å². The minimum Gasteiger partial charge on any atom is -0.493 e. The number of nitrogens with one attached hydrogen (secondary N) is 1. The third-order valence-electron chi connectivity index (χ3n) is 6.36. The molecule has 0 atom stereocenters. The van der Waals surface area contributed by atoms with Crippen molar-refractivity contribution in [2.24, 2.45) is 5.10 Å². The number of hydrogen-bond acceptors (Lipinski definition) is 15. The Bertz CT molecular complexity index is 1440. The van der Waals surface area contributed by atoms with Crippen molar-refractivity contribution < 1.29 is 28.8 Å². The fourth-order valence-electron chi connectivity index (χ4n) is 4.19. The number of non-ortho nitro benzene ring substituents is 1. The molecule has 17 heteroatoms. The molecule has 0 amide bonds. The largest absolute Gasteiger partial charge is 0.493 e. The Labute approximate surface area is 239 Å². The molecule has 0 aliphatic carbocycles. The van der Waals surface area contributed by atoms with E-state index in [-0.39, 0.29) is 11.7 Å². The number of hydrogen-bond donors (Lipinski definition) is 1. The van der Waals surface area contributed by atoms with E-state index in [0.717, 1.165) is 12.1 Å². The van der Waals surface area contributed by atoms with Gasteiger partial charge in [-0.1, -0.05) is 0 Å². The van der Waals surface area contributed by atoms with Crippen molar-refractivity contribution in [1.29, 1.82) is 0 Å².